The Bertz CT molecular complexity index is 575. The van der Waals surface area contributed by atoms with Crippen molar-refractivity contribution in [2.75, 3.05) is 11.1 Å². The summed E-state index contributed by atoms with van der Waals surface area (Å²) in [6.07, 6.45) is 0. The number of anilines is 2. The van der Waals surface area contributed by atoms with Gasteiger partial charge in [-0.1, -0.05) is 27.5 Å². The molecule has 0 saturated heterocycles. The molecule has 0 aliphatic heterocycles. The maximum atomic E-state index is 13.5. The van der Waals surface area contributed by atoms with Crippen molar-refractivity contribution in [1.29, 1.82) is 0 Å². The molecular formula is C13H11BrClFN2. The molecule has 0 heterocycles. The Morgan fingerprint density at radius 2 is 2.00 bits per heavy atom. The lowest BCUT2D eigenvalue weighted by molar-refractivity contribution is 0.612. The number of halogens is 3. The van der Waals surface area contributed by atoms with Gasteiger partial charge in [-0.3, -0.25) is 0 Å². The summed E-state index contributed by atoms with van der Waals surface area (Å²) in [5, 5.41) is 3.60. The summed E-state index contributed by atoms with van der Waals surface area (Å²) in [5.41, 5.74) is 7.49. The number of hydrogen-bond acceptors (Lipinski definition) is 2. The standard InChI is InChI=1S/C13H11BrClFN2/c14-9-1-3-12(16)8(5-9)7-18-13-4-2-10(17)6-11(13)15/h1-6,18H,7,17H2. The second-order valence-electron chi connectivity index (χ2n) is 3.83. The number of nitrogens with two attached hydrogens (primary N) is 1. The molecule has 2 rings (SSSR count). The fourth-order valence-electron chi connectivity index (χ4n) is 1.54. The van der Waals surface area contributed by atoms with Crippen LogP contribution >= 0.6 is 27.5 Å². The molecule has 2 aromatic carbocycles. The third-order valence-corrected chi connectivity index (χ3v) is 3.28. The first kappa shape index (κ1) is 13.2. The monoisotopic (exact) mass is 328 g/mol. The Morgan fingerprint density at radius 1 is 1.22 bits per heavy atom. The van der Waals surface area contributed by atoms with E-state index in [1.807, 2.05) is 0 Å². The van der Waals surface area contributed by atoms with Gasteiger partial charge in [-0.2, -0.15) is 0 Å². The van der Waals surface area contributed by atoms with Gasteiger partial charge in [0, 0.05) is 22.3 Å². The number of benzene rings is 2. The molecule has 0 aliphatic rings. The van der Waals surface area contributed by atoms with E-state index >= 15 is 0 Å². The van der Waals surface area contributed by atoms with Crippen molar-refractivity contribution < 1.29 is 4.39 Å². The van der Waals surface area contributed by atoms with Crippen LogP contribution in [0.3, 0.4) is 0 Å². The highest BCUT2D eigenvalue weighted by atomic mass is 79.9. The summed E-state index contributed by atoms with van der Waals surface area (Å²) in [7, 11) is 0. The molecule has 0 aromatic heterocycles. The minimum absolute atomic E-state index is 0.253. The predicted octanol–water partition coefficient (Wildman–Crippen LogP) is 4.44. The zero-order chi connectivity index (χ0) is 13.1. The number of hydrogen-bond donors (Lipinski definition) is 2. The van der Waals surface area contributed by atoms with Crippen molar-refractivity contribution in [1.82, 2.24) is 0 Å². The average molecular weight is 330 g/mol. The van der Waals surface area contributed by atoms with E-state index in [2.05, 4.69) is 21.2 Å². The lowest BCUT2D eigenvalue weighted by Crippen LogP contribution is -2.02. The Morgan fingerprint density at radius 3 is 2.72 bits per heavy atom. The highest BCUT2D eigenvalue weighted by molar-refractivity contribution is 9.10. The van der Waals surface area contributed by atoms with E-state index in [1.165, 1.54) is 6.07 Å². The summed E-state index contributed by atoms with van der Waals surface area (Å²) in [5.74, 6) is -0.253. The second kappa shape index (κ2) is 5.59. The van der Waals surface area contributed by atoms with Crippen LogP contribution < -0.4 is 11.1 Å². The van der Waals surface area contributed by atoms with Crippen LogP contribution in [-0.4, -0.2) is 0 Å². The molecule has 3 N–H and O–H groups in total. The van der Waals surface area contributed by atoms with Crippen LogP contribution in [0.1, 0.15) is 5.56 Å². The topological polar surface area (TPSA) is 38.0 Å². The minimum Gasteiger partial charge on any atom is -0.399 e. The van der Waals surface area contributed by atoms with E-state index in [0.717, 1.165) is 10.2 Å². The van der Waals surface area contributed by atoms with Crippen LogP contribution in [-0.2, 0) is 6.54 Å². The molecule has 0 aliphatic carbocycles. The van der Waals surface area contributed by atoms with Gasteiger partial charge in [-0.25, -0.2) is 4.39 Å². The number of nitrogen functional groups attached to an aromatic ring is 1. The predicted molar refractivity (Wildman–Crippen MR) is 77.3 cm³/mol. The van der Waals surface area contributed by atoms with Crippen LogP contribution in [0.2, 0.25) is 5.02 Å². The van der Waals surface area contributed by atoms with Crippen molar-refractivity contribution in [3.05, 3.63) is 57.3 Å². The second-order valence-corrected chi connectivity index (χ2v) is 5.15. The van der Waals surface area contributed by atoms with Crippen LogP contribution in [0, 0.1) is 5.82 Å². The highest BCUT2D eigenvalue weighted by Crippen LogP contribution is 2.25. The molecule has 0 radical (unpaired) electrons. The van der Waals surface area contributed by atoms with Crippen molar-refractivity contribution in [3.63, 3.8) is 0 Å². The maximum absolute atomic E-state index is 13.5. The molecular weight excluding hydrogens is 319 g/mol. The van der Waals surface area contributed by atoms with Gasteiger partial charge in [-0.05, 0) is 36.4 Å². The normalized spacial score (nSPS) is 10.4. The molecule has 0 bridgehead atoms. The molecule has 0 spiro atoms. The van der Waals surface area contributed by atoms with Gasteiger partial charge in [0.2, 0.25) is 0 Å². The minimum atomic E-state index is -0.253. The molecule has 0 saturated carbocycles. The summed E-state index contributed by atoms with van der Waals surface area (Å²) in [6.45, 7) is 0.356. The molecule has 0 atom stereocenters. The Balaban J connectivity index is 2.13. The van der Waals surface area contributed by atoms with E-state index in [-0.39, 0.29) is 5.82 Å². The van der Waals surface area contributed by atoms with E-state index in [9.17, 15) is 4.39 Å². The molecule has 0 amide bonds. The largest absolute Gasteiger partial charge is 0.399 e. The quantitative estimate of drug-likeness (QED) is 0.817. The molecule has 5 heteroatoms. The fourth-order valence-corrected chi connectivity index (χ4v) is 2.21. The molecule has 18 heavy (non-hydrogen) atoms. The van der Waals surface area contributed by atoms with Crippen molar-refractivity contribution in [2.45, 2.75) is 6.54 Å². The Kier molecular flexibility index (Phi) is 4.09. The van der Waals surface area contributed by atoms with Gasteiger partial charge < -0.3 is 11.1 Å². The van der Waals surface area contributed by atoms with Crippen LogP contribution in [0.5, 0.6) is 0 Å². The zero-order valence-corrected chi connectivity index (χ0v) is 11.7. The van der Waals surface area contributed by atoms with E-state index in [4.69, 9.17) is 17.3 Å². The summed E-state index contributed by atoms with van der Waals surface area (Å²) < 4.78 is 14.4. The van der Waals surface area contributed by atoms with Gasteiger partial charge in [0.25, 0.3) is 0 Å². The first-order chi connectivity index (χ1) is 8.56. The summed E-state index contributed by atoms with van der Waals surface area (Å²) in [4.78, 5) is 0. The van der Waals surface area contributed by atoms with Gasteiger partial charge >= 0.3 is 0 Å². The smallest absolute Gasteiger partial charge is 0.128 e. The van der Waals surface area contributed by atoms with Crippen molar-refractivity contribution in [2.24, 2.45) is 0 Å². The number of rotatable bonds is 3. The van der Waals surface area contributed by atoms with Gasteiger partial charge in [0.15, 0.2) is 0 Å². The Labute approximate surface area is 118 Å². The third-order valence-electron chi connectivity index (χ3n) is 2.47. The molecule has 94 valence electrons. The van der Waals surface area contributed by atoms with Crippen molar-refractivity contribution in [3.8, 4) is 0 Å². The van der Waals surface area contributed by atoms with Crippen LogP contribution in [0.25, 0.3) is 0 Å². The average Bonchev–Trinajstić information content (AvgIpc) is 2.32. The van der Waals surface area contributed by atoms with E-state index in [0.29, 0.717) is 22.8 Å². The number of nitrogens with one attached hydrogen (secondary N) is 1. The maximum Gasteiger partial charge on any atom is 0.128 e. The molecule has 0 fully saturated rings. The zero-order valence-electron chi connectivity index (χ0n) is 9.38. The third kappa shape index (κ3) is 3.15. The Hall–Kier alpha value is -1.26. The first-order valence-electron chi connectivity index (χ1n) is 5.29. The van der Waals surface area contributed by atoms with Crippen LogP contribution in [0.15, 0.2) is 40.9 Å². The van der Waals surface area contributed by atoms with Crippen LogP contribution in [0.4, 0.5) is 15.8 Å². The first-order valence-corrected chi connectivity index (χ1v) is 6.46. The highest BCUT2D eigenvalue weighted by Gasteiger charge is 2.04. The van der Waals surface area contributed by atoms with Crippen molar-refractivity contribution >= 4 is 38.9 Å². The van der Waals surface area contributed by atoms with Gasteiger partial charge in [-0.15, -0.1) is 0 Å². The molecule has 2 aromatic rings. The molecule has 0 unspecified atom stereocenters. The van der Waals surface area contributed by atoms with Gasteiger partial charge in [0.1, 0.15) is 5.82 Å². The fraction of sp³-hybridized carbons (Fsp3) is 0.0769. The SMILES string of the molecule is Nc1ccc(NCc2cc(Br)ccc2F)c(Cl)c1. The van der Waals surface area contributed by atoms with E-state index in [1.54, 1.807) is 30.3 Å². The van der Waals surface area contributed by atoms with Gasteiger partial charge in [0.05, 0.1) is 10.7 Å². The van der Waals surface area contributed by atoms with E-state index < -0.39 is 0 Å². The summed E-state index contributed by atoms with van der Waals surface area (Å²) >= 11 is 9.33. The lowest BCUT2D eigenvalue weighted by Gasteiger charge is -2.10. The molecule has 2 nitrogen and oxygen atoms in total. The lowest BCUT2D eigenvalue weighted by atomic mass is 10.2. The summed E-state index contributed by atoms with van der Waals surface area (Å²) in [6, 6.07) is 9.98.